The van der Waals surface area contributed by atoms with Crippen LogP contribution in [0.5, 0.6) is 11.5 Å². The van der Waals surface area contributed by atoms with Gasteiger partial charge in [0.25, 0.3) is 0 Å². The summed E-state index contributed by atoms with van der Waals surface area (Å²) in [5.41, 5.74) is 2.14. The number of Topliss-reactive ketones (excluding diaryl/α,β-unsaturated/α-hetero) is 1. The van der Waals surface area contributed by atoms with E-state index in [4.69, 9.17) is 25.5 Å². The van der Waals surface area contributed by atoms with Crippen LogP contribution in [-0.2, 0) is 0 Å². The lowest BCUT2D eigenvalue weighted by Crippen LogP contribution is -2.12. The molecule has 7 nitrogen and oxygen atoms in total. The second-order valence-electron chi connectivity index (χ2n) is 8.47. The second kappa shape index (κ2) is 11.9. The molecule has 3 aromatic carbocycles. The first-order valence-corrected chi connectivity index (χ1v) is 13.8. The summed E-state index contributed by atoms with van der Waals surface area (Å²) in [5.74, 6) is 0.573. The highest BCUT2D eigenvalue weighted by Gasteiger charge is 2.15. The number of nitriles is 1. The fourth-order valence-corrected chi connectivity index (χ4v) is 5.15. The quantitative estimate of drug-likeness (QED) is 0.0982. The molecule has 0 radical (unpaired) electrons. The molecule has 0 saturated carbocycles. The van der Waals surface area contributed by atoms with Crippen LogP contribution in [0.4, 0.5) is 0 Å². The lowest BCUT2D eigenvalue weighted by Gasteiger charge is -2.11. The summed E-state index contributed by atoms with van der Waals surface area (Å²) in [6.45, 7) is -0.182. The van der Waals surface area contributed by atoms with E-state index in [0.717, 1.165) is 9.86 Å². The summed E-state index contributed by atoms with van der Waals surface area (Å²) < 4.78 is 17.5. The number of ketones is 1. The highest BCUT2D eigenvalue weighted by atomic mass is 79.9. The molecule has 5 rings (SSSR count). The zero-order chi connectivity index (χ0) is 28.2. The molecule has 0 aliphatic rings. The number of thiazole rings is 1. The van der Waals surface area contributed by atoms with Gasteiger partial charge in [-0.05, 0) is 72.3 Å². The number of carbonyl (C=O) groups excluding carboxylic acids is 1. The predicted molar refractivity (Wildman–Crippen MR) is 159 cm³/mol. The molecule has 0 unspecified atom stereocenters. The van der Waals surface area contributed by atoms with Gasteiger partial charge in [0.15, 0.2) is 23.9 Å². The number of aromatic nitrogens is 1. The molecular weight excluding hydrogens is 616 g/mol. The number of nitrogens with zero attached hydrogens (tertiary/aromatic N) is 2. The van der Waals surface area contributed by atoms with Gasteiger partial charge in [-0.25, -0.2) is 9.78 Å². The first kappa shape index (κ1) is 27.3. The van der Waals surface area contributed by atoms with Gasteiger partial charge in [-0.15, -0.1) is 11.3 Å². The van der Waals surface area contributed by atoms with Crippen LogP contribution in [0, 0.1) is 11.3 Å². The van der Waals surface area contributed by atoms with Crippen LogP contribution >= 0.6 is 38.9 Å². The van der Waals surface area contributed by atoms with Crippen molar-refractivity contribution in [3.63, 3.8) is 0 Å². The van der Waals surface area contributed by atoms with Crippen LogP contribution in [0.15, 0.2) is 85.8 Å². The van der Waals surface area contributed by atoms with Crippen LogP contribution in [0.1, 0.15) is 20.9 Å². The largest absolute Gasteiger partial charge is 0.493 e. The number of hydrogen-bond donors (Lipinski definition) is 0. The minimum absolute atomic E-state index is 0.182. The summed E-state index contributed by atoms with van der Waals surface area (Å²) in [7, 11) is 1.49. The van der Waals surface area contributed by atoms with Crippen LogP contribution in [0.3, 0.4) is 0 Å². The Bertz CT molecular complexity index is 1870. The average Bonchev–Trinajstić information content (AvgIpc) is 3.45. The number of rotatable bonds is 8. The third-order valence-corrected chi connectivity index (χ3v) is 7.47. The fourth-order valence-electron chi connectivity index (χ4n) is 3.86. The normalized spacial score (nSPS) is 11.3. The predicted octanol–water partition coefficient (Wildman–Crippen LogP) is 7.67. The Kier molecular flexibility index (Phi) is 8.12. The van der Waals surface area contributed by atoms with E-state index in [-0.39, 0.29) is 12.4 Å². The molecule has 40 heavy (non-hydrogen) atoms. The molecule has 0 saturated heterocycles. The molecular formula is C30H18BrClN2O5S. The molecule has 0 aliphatic heterocycles. The lowest BCUT2D eigenvalue weighted by molar-refractivity contribution is 0.0919. The van der Waals surface area contributed by atoms with Crippen molar-refractivity contribution in [2.75, 3.05) is 13.7 Å². The van der Waals surface area contributed by atoms with Gasteiger partial charge in [-0.2, -0.15) is 5.26 Å². The lowest BCUT2D eigenvalue weighted by atomic mass is 10.1. The van der Waals surface area contributed by atoms with Gasteiger partial charge < -0.3 is 13.9 Å². The van der Waals surface area contributed by atoms with E-state index >= 15 is 0 Å². The summed E-state index contributed by atoms with van der Waals surface area (Å²) in [6, 6.07) is 20.9. The smallest absolute Gasteiger partial charge is 0.345 e. The molecule has 10 heteroatoms. The van der Waals surface area contributed by atoms with Crippen molar-refractivity contribution < 1.29 is 18.7 Å². The summed E-state index contributed by atoms with van der Waals surface area (Å²) in [5, 5.41) is 13.3. The zero-order valence-corrected chi connectivity index (χ0v) is 24.0. The van der Waals surface area contributed by atoms with E-state index in [9.17, 15) is 14.9 Å². The molecule has 0 atom stereocenters. The summed E-state index contributed by atoms with van der Waals surface area (Å²) in [6.07, 6.45) is 1.66. The van der Waals surface area contributed by atoms with Gasteiger partial charge in [-0.3, -0.25) is 4.79 Å². The van der Waals surface area contributed by atoms with Crippen LogP contribution in [-0.4, -0.2) is 24.5 Å². The van der Waals surface area contributed by atoms with Crippen LogP contribution in [0.25, 0.3) is 33.9 Å². The highest BCUT2D eigenvalue weighted by molar-refractivity contribution is 9.10. The van der Waals surface area contributed by atoms with Gasteiger partial charge in [0.2, 0.25) is 0 Å². The average molecular weight is 634 g/mol. The molecule has 0 spiro atoms. The first-order valence-electron chi connectivity index (χ1n) is 11.8. The number of halogens is 2. The maximum atomic E-state index is 12.6. The SMILES string of the molecule is COc1cc(/C=C(\C#N)c2nc(-c3cc4cc(Br)ccc4oc3=O)cs2)ccc1OCC(=O)c1ccc(Cl)cc1. The Morgan fingerprint density at radius 3 is 2.67 bits per heavy atom. The van der Waals surface area contributed by atoms with Crippen molar-refractivity contribution in [2.24, 2.45) is 0 Å². The van der Waals surface area contributed by atoms with Gasteiger partial charge in [0.05, 0.1) is 23.9 Å². The third kappa shape index (κ3) is 6.00. The first-order chi connectivity index (χ1) is 19.3. The third-order valence-electron chi connectivity index (χ3n) is 5.85. The van der Waals surface area contributed by atoms with Crippen molar-refractivity contribution in [1.82, 2.24) is 4.98 Å². The van der Waals surface area contributed by atoms with E-state index in [1.54, 1.807) is 72.1 Å². The molecule has 198 valence electrons. The van der Waals surface area contributed by atoms with Gasteiger partial charge in [-0.1, -0.05) is 33.6 Å². The van der Waals surface area contributed by atoms with Crippen LogP contribution in [0.2, 0.25) is 5.02 Å². The maximum absolute atomic E-state index is 12.6. The minimum Gasteiger partial charge on any atom is -0.493 e. The number of allylic oxidation sites excluding steroid dienone is 1. The number of carbonyl (C=O) groups is 1. The minimum atomic E-state index is -0.510. The Labute approximate surface area is 246 Å². The Balaban J connectivity index is 1.37. The number of fused-ring (bicyclic) bond motifs is 1. The number of benzene rings is 3. The van der Waals surface area contributed by atoms with E-state index in [2.05, 4.69) is 27.0 Å². The summed E-state index contributed by atoms with van der Waals surface area (Å²) in [4.78, 5) is 29.6. The van der Waals surface area contributed by atoms with E-state index in [0.29, 0.717) is 55.1 Å². The Hall–Kier alpha value is -4.23. The molecule has 0 bridgehead atoms. The van der Waals surface area contributed by atoms with Gasteiger partial charge in [0.1, 0.15) is 16.7 Å². The van der Waals surface area contributed by atoms with Crippen molar-refractivity contribution in [2.45, 2.75) is 0 Å². The maximum Gasteiger partial charge on any atom is 0.345 e. The molecule has 0 N–H and O–H groups in total. The number of hydrogen-bond acceptors (Lipinski definition) is 8. The molecule has 0 amide bonds. The fraction of sp³-hybridized carbons (Fsp3) is 0.0667. The van der Waals surface area contributed by atoms with Crippen LogP contribution < -0.4 is 15.1 Å². The molecule has 0 fully saturated rings. The van der Waals surface area contributed by atoms with Crippen molar-refractivity contribution in [3.8, 4) is 28.8 Å². The topological polar surface area (TPSA) is 102 Å². The van der Waals surface area contributed by atoms with Gasteiger partial charge in [0, 0.05) is 25.8 Å². The number of methoxy groups -OCH3 is 1. The van der Waals surface area contributed by atoms with E-state index in [1.807, 2.05) is 6.07 Å². The zero-order valence-electron chi connectivity index (χ0n) is 20.8. The van der Waals surface area contributed by atoms with Crippen molar-refractivity contribution >= 4 is 67.3 Å². The van der Waals surface area contributed by atoms with E-state index < -0.39 is 5.63 Å². The molecule has 2 heterocycles. The van der Waals surface area contributed by atoms with Gasteiger partial charge >= 0.3 is 5.63 Å². The van der Waals surface area contributed by atoms with Crippen molar-refractivity contribution in [3.05, 3.63) is 108 Å². The standard InChI is InChI=1S/C30H18BrClN2O5S/c1-37-28-11-17(2-8-27(28)38-15-25(35)18-3-6-22(32)7-4-18)10-20(14-33)29-34-24(16-40-29)23-13-19-12-21(31)5-9-26(19)39-30(23)36/h2-13,16H,15H2,1H3/b20-10+. The second-order valence-corrected chi connectivity index (χ2v) is 10.7. The Morgan fingerprint density at radius 1 is 1.12 bits per heavy atom. The molecule has 0 aliphatic carbocycles. The molecule has 5 aromatic rings. The monoisotopic (exact) mass is 632 g/mol. The summed E-state index contributed by atoms with van der Waals surface area (Å²) >= 11 is 10.6. The number of ether oxygens (including phenoxy) is 2. The van der Waals surface area contributed by atoms with E-state index in [1.165, 1.54) is 18.4 Å². The van der Waals surface area contributed by atoms with Crippen molar-refractivity contribution in [1.29, 1.82) is 5.26 Å². The molecule has 2 aromatic heterocycles. The Morgan fingerprint density at radius 2 is 1.93 bits per heavy atom. The highest BCUT2D eigenvalue weighted by Crippen LogP contribution is 2.32.